The smallest absolute Gasteiger partial charge is 0.162 e. The molecule has 0 aliphatic heterocycles. The molecule has 70 valence electrons. The monoisotopic (exact) mass is 185 g/mol. The maximum absolute atomic E-state index is 13.1. The number of hydrogen-bond donors (Lipinski definition) is 2. The Labute approximate surface area is 74.0 Å². The van der Waals surface area contributed by atoms with E-state index in [9.17, 15) is 13.9 Å². The van der Waals surface area contributed by atoms with Crippen molar-refractivity contribution in [3.63, 3.8) is 0 Å². The number of aromatic hydroxyl groups is 1. The average Bonchev–Trinajstić information content (AvgIpc) is 2.44. The minimum absolute atomic E-state index is 0.227. The fraction of sp³-hybridized carbons (Fsp3) is 0.333. The first-order valence-electron chi connectivity index (χ1n) is 4.06. The van der Waals surface area contributed by atoms with Gasteiger partial charge in [-0.25, -0.2) is 8.78 Å². The van der Waals surface area contributed by atoms with Gasteiger partial charge in [0, 0.05) is 17.7 Å². The zero-order valence-electron chi connectivity index (χ0n) is 6.85. The van der Waals surface area contributed by atoms with Crippen molar-refractivity contribution in [3.05, 3.63) is 28.8 Å². The lowest BCUT2D eigenvalue weighted by molar-refractivity contribution is 0.444. The number of phenols is 1. The summed E-state index contributed by atoms with van der Waals surface area (Å²) in [5, 5.41) is 9.32. The summed E-state index contributed by atoms with van der Waals surface area (Å²) in [5.41, 5.74) is 6.20. The summed E-state index contributed by atoms with van der Waals surface area (Å²) in [6, 6.07) is 0.407. The van der Waals surface area contributed by atoms with Crippen LogP contribution in [0.25, 0.3) is 0 Å². The fourth-order valence-electron chi connectivity index (χ4n) is 1.78. The summed E-state index contributed by atoms with van der Waals surface area (Å²) >= 11 is 0. The van der Waals surface area contributed by atoms with Crippen LogP contribution in [-0.4, -0.2) is 5.11 Å². The molecule has 3 N–H and O–H groups in total. The van der Waals surface area contributed by atoms with Crippen molar-refractivity contribution in [2.45, 2.75) is 18.9 Å². The van der Waals surface area contributed by atoms with Crippen LogP contribution in [0.1, 0.15) is 23.6 Å². The molecule has 1 aliphatic rings. The zero-order chi connectivity index (χ0) is 9.59. The Kier molecular flexibility index (Phi) is 1.73. The first-order valence-corrected chi connectivity index (χ1v) is 4.06. The Balaban J connectivity index is 2.69. The summed E-state index contributed by atoms with van der Waals surface area (Å²) in [6.07, 6.45) is 0.955. The van der Waals surface area contributed by atoms with Gasteiger partial charge < -0.3 is 10.8 Å². The van der Waals surface area contributed by atoms with Gasteiger partial charge in [0.05, 0.1) is 0 Å². The Morgan fingerprint density at radius 2 is 2.15 bits per heavy atom. The van der Waals surface area contributed by atoms with Gasteiger partial charge in [-0.2, -0.15) is 0 Å². The van der Waals surface area contributed by atoms with E-state index in [1.807, 2.05) is 0 Å². The lowest BCUT2D eigenvalue weighted by Gasteiger charge is -2.08. The molecule has 0 amide bonds. The SMILES string of the molecule is N[C@@H]1CCc2c(F)c(F)cc(O)c21. The number of halogens is 2. The van der Waals surface area contributed by atoms with Crippen LogP contribution in [0.4, 0.5) is 8.78 Å². The van der Waals surface area contributed by atoms with Crippen LogP contribution in [0.2, 0.25) is 0 Å². The van der Waals surface area contributed by atoms with E-state index in [0.717, 1.165) is 6.07 Å². The molecular formula is C9H9F2NO. The van der Waals surface area contributed by atoms with Crippen molar-refractivity contribution in [1.29, 1.82) is 0 Å². The third kappa shape index (κ3) is 1.09. The van der Waals surface area contributed by atoms with Crippen LogP contribution in [0.3, 0.4) is 0 Å². The quantitative estimate of drug-likeness (QED) is 0.645. The molecule has 0 bridgehead atoms. The van der Waals surface area contributed by atoms with E-state index in [1.165, 1.54) is 0 Å². The highest BCUT2D eigenvalue weighted by Crippen LogP contribution is 2.38. The molecule has 0 saturated heterocycles. The Morgan fingerprint density at radius 3 is 2.85 bits per heavy atom. The van der Waals surface area contributed by atoms with Crippen molar-refractivity contribution in [3.8, 4) is 5.75 Å². The van der Waals surface area contributed by atoms with Gasteiger partial charge in [0.15, 0.2) is 11.6 Å². The summed E-state index contributed by atoms with van der Waals surface area (Å²) < 4.78 is 25.9. The van der Waals surface area contributed by atoms with Crippen molar-refractivity contribution in [2.24, 2.45) is 5.73 Å². The second kappa shape index (κ2) is 2.67. The second-order valence-electron chi connectivity index (χ2n) is 3.23. The molecule has 0 aromatic heterocycles. The molecule has 0 saturated carbocycles. The molecule has 1 aromatic carbocycles. The standard InChI is InChI=1S/C9H9F2NO/c10-5-3-7(13)8-4(9(5)11)1-2-6(8)12/h3,6,13H,1-2,12H2/t6-/m1/s1. The topological polar surface area (TPSA) is 46.2 Å². The van der Waals surface area contributed by atoms with Gasteiger partial charge in [0.25, 0.3) is 0 Å². The van der Waals surface area contributed by atoms with Gasteiger partial charge in [0.1, 0.15) is 5.75 Å². The van der Waals surface area contributed by atoms with Crippen LogP contribution in [-0.2, 0) is 6.42 Å². The lowest BCUT2D eigenvalue weighted by atomic mass is 10.1. The Bertz CT molecular complexity index is 365. The van der Waals surface area contributed by atoms with Crippen LogP contribution in [0.15, 0.2) is 6.07 Å². The van der Waals surface area contributed by atoms with Gasteiger partial charge in [-0.3, -0.25) is 0 Å². The number of fused-ring (bicyclic) bond motifs is 1. The molecule has 1 aromatic rings. The minimum Gasteiger partial charge on any atom is -0.507 e. The average molecular weight is 185 g/mol. The van der Waals surface area contributed by atoms with E-state index in [4.69, 9.17) is 5.73 Å². The normalized spacial score (nSPS) is 20.4. The predicted octanol–water partition coefficient (Wildman–Crippen LogP) is 1.62. The summed E-state index contributed by atoms with van der Waals surface area (Å²) in [7, 11) is 0. The van der Waals surface area contributed by atoms with Crippen LogP contribution in [0.5, 0.6) is 5.75 Å². The molecule has 2 nitrogen and oxygen atoms in total. The number of hydrogen-bond acceptors (Lipinski definition) is 2. The number of benzene rings is 1. The summed E-state index contributed by atoms with van der Waals surface area (Å²) in [5.74, 6) is -2.12. The molecule has 1 atom stereocenters. The largest absolute Gasteiger partial charge is 0.507 e. The number of rotatable bonds is 0. The first-order chi connectivity index (χ1) is 6.11. The van der Waals surface area contributed by atoms with Crippen molar-refractivity contribution >= 4 is 0 Å². The van der Waals surface area contributed by atoms with Crippen molar-refractivity contribution < 1.29 is 13.9 Å². The zero-order valence-corrected chi connectivity index (χ0v) is 6.85. The number of nitrogens with two attached hydrogens (primary N) is 1. The van der Waals surface area contributed by atoms with Crippen LogP contribution < -0.4 is 5.73 Å². The molecule has 1 aliphatic carbocycles. The summed E-state index contributed by atoms with van der Waals surface area (Å²) in [6.45, 7) is 0. The van der Waals surface area contributed by atoms with E-state index in [1.54, 1.807) is 0 Å². The molecule has 0 spiro atoms. The third-order valence-corrected chi connectivity index (χ3v) is 2.42. The minimum atomic E-state index is -1.01. The van der Waals surface area contributed by atoms with E-state index < -0.39 is 11.6 Å². The third-order valence-electron chi connectivity index (χ3n) is 2.42. The first kappa shape index (κ1) is 8.44. The van der Waals surface area contributed by atoms with Gasteiger partial charge in [-0.05, 0) is 18.4 Å². The lowest BCUT2D eigenvalue weighted by Crippen LogP contribution is -2.06. The molecule has 0 heterocycles. The maximum atomic E-state index is 13.1. The fourth-order valence-corrected chi connectivity index (χ4v) is 1.78. The highest BCUT2D eigenvalue weighted by molar-refractivity contribution is 5.45. The van der Waals surface area contributed by atoms with E-state index in [0.29, 0.717) is 18.4 Å². The molecule has 0 fully saturated rings. The number of phenolic OH excluding ortho intramolecular Hbond substituents is 1. The second-order valence-corrected chi connectivity index (χ2v) is 3.23. The van der Waals surface area contributed by atoms with Gasteiger partial charge in [-0.15, -0.1) is 0 Å². The van der Waals surface area contributed by atoms with Crippen molar-refractivity contribution in [1.82, 2.24) is 0 Å². The van der Waals surface area contributed by atoms with Crippen LogP contribution in [0, 0.1) is 11.6 Å². The molecule has 0 unspecified atom stereocenters. The summed E-state index contributed by atoms with van der Waals surface area (Å²) in [4.78, 5) is 0. The van der Waals surface area contributed by atoms with E-state index in [-0.39, 0.29) is 17.4 Å². The van der Waals surface area contributed by atoms with Crippen LogP contribution >= 0.6 is 0 Å². The molecule has 2 rings (SSSR count). The highest BCUT2D eigenvalue weighted by Gasteiger charge is 2.27. The van der Waals surface area contributed by atoms with Gasteiger partial charge in [0.2, 0.25) is 0 Å². The molecule has 13 heavy (non-hydrogen) atoms. The molecular weight excluding hydrogens is 176 g/mol. The highest BCUT2D eigenvalue weighted by atomic mass is 19.2. The van der Waals surface area contributed by atoms with Gasteiger partial charge >= 0.3 is 0 Å². The maximum Gasteiger partial charge on any atom is 0.162 e. The Morgan fingerprint density at radius 1 is 1.46 bits per heavy atom. The molecule has 4 heteroatoms. The van der Waals surface area contributed by atoms with E-state index >= 15 is 0 Å². The predicted molar refractivity (Wildman–Crippen MR) is 43.3 cm³/mol. The van der Waals surface area contributed by atoms with Crippen molar-refractivity contribution in [2.75, 3.05) is 0 Å². The molecule has 0 radical (unpaired) electrons. The van der Waals surface area contributed by atoms with E-state index in [2.05, 4.69) is 0 Å². The van der Waals surface area contributed by atoms with Gasteiger partial charge in [-0.1, -0.05) is 0 Å². The Hall–Kier alpha value is -1.16.